The predicted octanol–water partition coefficient (Wildman–Crippen LogP) is 5.43. The van der Waals surface area contributed by atoms with E-state index in [0.29, 0.717) is 31.3 Å². The molecule has 0 aliphatic carbocycles. The third kappa shape index (κ3) is 9.05. The predicted molar refractivity (Wildman–Crippen MR) is 117 cm³/mol. The number of carbonyl (C=O) groups excluding carboxylic acids is 1. The van der Waals surface area contributed by atoms with E-state index in [1.807, 2.05) is 31.2 Å². The lowest BCUT2D eigenvalue weighted by molar-refractivity contribution is -0.0664. The molecule has 0 spiro atoms. The van der Waals surface area contributed by atoms with Gasteiger partial charge in [0.15, 0.2) is 6.23 Å². The van der Waals surface area contributed by atoms with E-state index in [1.54, 1.807) is 0 Å². The molecular formula is C23H38N2O4. The van der Waals surface area contributed by atoms with Crippen molar-refractivity contribution in [3.8, 4) is 5.75 Å². The molecule has 2 rings (SSSR count). The van der Waals surface area contributed by atoms with Crippen LogP contribution in [0.1, 0.15) is 65.2 Å². The summed E-state index contributed by atoms with van der Waals surface area (Å²) in [5.41, 5.74) is 0.639. The second kappa shape index (κ2) is 14.2. The Hall–Kier alpha value is -1.79. The number of piperidine rings is 1. The maximum absolute atomic E-state index is 12.6. The zero-order valence-electron chi connectivity index (χ0n) is 18.2. The Labute approximate surface area is 175 Å². The molecule has 1 atom stereocenters. The van der Waals surface area contributed by atoms with E-state index in [1.165, 1.54) is 32.1 Å². The van der Waals surface area contributed by atoms with Crippen LogP contribution in [0.15, 0.2) is 24.3 Å². The molecule has 164 valence electrons. The first-order valence-electron chi connectivity index (χ1n) is 11.3. The molecule has 1 saturated heterocycles. The maximum Gasteiger partial charge on any atom is 0.413 e. The number of ether oxygens (including phenoxy) is 3. The third-order valence-corrected chi connectivity index (χ3v) is 5.13. The second-order valence-corrected chi connectivity index (χ2v) is 7.50. The Morgan fingerprint density at radius 1 is 1.07 bits per heavy atom. The van der Waals surface area contributed by atoms with Crippen LogP contribution in [-0.2, 0) is 9.47 Å². The summed E-state index contributed by atoms with van der Waals surface area (Å²) < 4.78 is 17.2. The molecule has 0 radical (unpaired) electrons. The Kier molecular flexibility index (Phi) is 11.5. The highest BCUT2D eigenvalue weighted by Crippen LogP contribution is 2.25. The lowest BCUT2D eigenvalue weighted by Crippen LogP contribution is -2.45. The quantitative estimate of drug-likeness (QED) is 0.442. The van der Waals surface area contributed by atoms with Crippen molar-refractivity contribution in [2.75, 3.05) is 38.2 Å². The van der Waals surface area contributed by atoms with E-state index in [0.717, 1.165) is 32.4 Å². The summed E-state index contributed by atoms with van der Waals surface area (Å²) in [6, 6.07) is 7.51. The molecular weight excluding hydrogens is 368 g/mol. The van der Waals surface area contributed by atoms with Gasteiger partial charge in [-0.15, -0.1) is 0 Å². The highest BCUT2D eigenvalue weighted by atomic mass is 16.6. The van der Waals surface area contributed by atoms with Crippen molar-refractivity contribution in [2.45, 2.75) is 71.4 Å². The van der Waals surface area contributed by atoms with Crippen molar-refractivity contribution in [3.63, 3.8) is 0 Å². The highest BCUT2D eigenvalue weighted by Gasteiger charge is 2.24. The summed E-state index contributed by atoms with van der Waals surface area (Å²) >= 11 is 0. The smallest absolute Gasteiger partial charge is 0.413 e. The van der Waals surface area contributed by atoms with Crippen LogP contribution in [-0.4, -0.2) is 50.1 Å². The van der Waals surface area contributed by atoms with Crippen LogP contribution in [0.25, 0.3) is 0 Å². The van der Waals surface area contributed by atoms with Crippen LogP contribution >= 0.6 is 0 Å². The monoisotopic (exact) mass is 406 g/mol. The van der Waals surface area contributed by atoms with E-state index in [-0.39, 0.29) is 6.23 Å². The summed E-state index contributed by atoms with van der Waals surface area (Å²) in [7, 11) is 0. The SMILES string of the molecule is CCCCCCCOc1ccccc1NC(=O)OC(COCC)N1CCCCC1. The van der Waals surface area contributed by atoms with Crippen LogP contribution in [0.5, 0.6) is 5.75 Å². The molecule has 6 nitrogen and oxygen atoms in total. The number of unbranched alkanes of at least 4 members (excludes halogenated alkanes) is 4. The second-order valence-electron chi connectivity index (χ2n) is 7.50. The first kappa shape index (κ1) is 23.5. The van der Waals surface area contributed by atoms with Crippen molar-refractivity contribution in [1.82, 2.24) is 4.90 Å². The Balaban J connectivity index is 1.86. The number of nitrogens with zero attached hydrogens (tertiary/aromatic N) is 1. The number of nitrogens with one attached hydrogen (secondary N) is 1. The number of rotatable bonds is 13. The van der Waals surface area contributed by atoms with Gasteiger partial charge in [-0.05, 0) is 38.3 Å². The van der Waals surface area contributed by atoms with Gasteiger partial charge in [0.25, 0.3) is 0 Å². The summed E-state index contributed by atoms with van der Waals surface area (Å²) in [6.07, 6.45) is 8.58. The molecule has 1 fully saturated rings. The molecule has 29 heavy (non-hydrogen) atoms. The molecule has 0 saturated carbocycles. The van der Waals surface area contributed by atoms with Gasteiger partial charge in [-0.2, -0.15) is 0 Å². The van der Waals surface area contributed by atoms with Crippen LogP contribution in [0.4, 0.5) is 10.5 Å². The van der Waals surface area contributed by atoms with Gasteiger partial charge in [-0.3, -0.25) is 10.2 Å². The van der Waals surface area contributed by atoms with E-state index in [9.17, 15) is 4.79 Å². The summed E-state index contributed by atoms with van der Waals surface area (Å²) in [4.78, 5) is 14.7. The molecule has 1 aromatic carbocycles. The van der Waals surface area contributed by atoms with Crippen molar-refractivity contribution in [1.29, 1.82) is 0 Å². The largest absolute Gasteiger partial charge is 0.491 e. The number of benzene rings is 1. The van der Waals surface area contributed by atoms with E-state index < -0.39 is 6.09 Å². The Bertz CT molecular complexity index is 576. The first-order chi connectivity index (χ1) is 14.2. The fraction of sp³-hybridized carbons (Fsp3) is 0.696. The fourth-order valence-electron chi connectivity index (χ4n) is 3.49. The minimum atomic E-state index is -0.473. The summed E-state index contributed by atoms with van der Waals surface area (Å²) in [6.45, 7) is 7.67. The topological polar surface area (TPSA) is 60.0 Å². The Morgan fingerprint density at radius 2 is 1.83 bits per heavy atom. The number of para-hydroxylation sites is 2. The lowest BCUT2D eigenvalue weighted by atomic mass is 10.1. The van der Waals surface area contributed by atoms with Crippen molar-refractivity contribution in [3.05, 3.63) is 24.3 Å². The van der Waals surface area contributed by atoms with E-state index in [4.69, 9.17) is 14.2 Å². The average Bonchev–Trinajstić information content (AvgIpc) is 2.75. The van der Waals surface area contributed by atoms with Gasteiger partial charge in [0.2, 0.25) is 0 Å². The first-order valence-corrected chi connectivity index (χ1v) is 11.3. The van der Waals surface area contributed by atoms with Crippen LogP contribution in [0, 0.1) is 0 Å². The zero-order chi connectivity index (χ0) is 20.7. The van der Waals surface area contributed by atoms with Crippen LogP contribution in [0.2, 0.25) is 0 Å². The normalized spacial score (nSPS) is 15.7. The molecule has 1 amide bonds. The fourth-order valence-corrected chi connectivity index (χ4v) is 3.49. The molecule has 0 aromatic heterocycles. The zero-order valence-corrected chi connectivity index (χ0v) is 18.2. The van der Waals surface area contributed by atoms with Crippen LogP contribution in [0.3, 0.4) is 0 Å². The number of likely N-dealkylation sites (tertiary alicyclic amines) is 1. The van der Waals surface area contributed by atoms with Gasteiger partial charge in [0.05, 0.1) is 18.9 Å². The molecule has 1 unspecified atom stereocenters. The number of hydrogen-bond donors (Lipinski definition) is 1. The van der Waals surface area contributed by atoms with Crippen molar-refractivity contribution < 1.29 is 19.0 Å². The molecule has 1 N–H and O–H groups in total. The van der Waals surface area contributed by atoms with E-state index >= 15 is 0 Å². The van der Waals surface area contributed by atoms with Gasteiger partial charge in [0.1, 0.15) is 5.75 Å². The van der Waals surface area contributed by atoms with Gasteiger partial charge >= 0.3 is 6.09 Å². The number of amides is 1. The molecule has 1 aliphatic heterocycles. The highest BCUT2D eigenvalue weighted by molar-refractivity contribution is 5.86. The molecule has 1 heterocycles. The number of carbonyl (C=O) groups is 1. The summed E-state index contributed by atoms with van der Waals surface area (Å²) in [5.74, 6) is 0.680. The maximum atomic E-state index is 12.6. The van der Waals surface area contributed by atoms with Gasteiger partial charge in [0, 0.05) is 19.7 Å². The molecule has 1 aromatic rings. The number of anilines is 1. The summed E-state index contributed by atoms with van der Waals surface area (Å²) in [5, 5.41) is 2.85. The Morgan fingerprint density at radius 3 is 2.59 bits per heavy atom. The van der Waals surface area contributed by atoms with Crippen LogP contribution < -0.4 is 10.1 Å². The van der Waals surface area contributed by atoms with Gasteiger partial charge < -0.3 is 14.2 Å². The molecule has 0 bridgehead atoms. The van der Waals surface area contributed by atoms with Gasteiger partial charge in [-0.1, -0.05) is 51.2 Å². The number of hydrogen-bond acceptors (Lipinski definition) is 5. The minimum Gasteiger partial charge on any atom is -0.491 e. The van der Waals surface area contributed by atoms with Crippen molar-refractivity contribution >= 4 is 11.8 Å². The minimum absolute atomic E-state index is 0.359. The van der Waals surface area contributed by atoms with Crippen molar-refractivity contribution in [2.24, 2.45) is 0 Å². The molecule has 1 aliphatic rings. The molecule has 6 heteroatoms. The van der Waals surface area contributed by atoms with E-state index in [2.05, 4.69) is 17.1 Å². The average molecular weight is 407 g/mol. The third-order valence-electron chi connectivity index (χ3n) is 5.13. The standard InChI is InChI=1S/C23H38N2O4/c1-3-5-6-7-13-18-28-21-15-10-9-14-20(21)24-23(26)29-22(19-27-4-2)25-16-11-8-12-17-25/h9-10,14-15,22H,3-8,11-13,16-19H2,1-2H3,(H,24,26). The van der Waals surface area contributed by atoms with Gasteiger partial charge in [-0.25, -0.2) is 4.79 Å². The lowest BCUT2D eigenvalue weighted by Gasteiger charge is -2.33.